The van der Waals surface area contributed by atoms with E-state index in [2.05, 4.69) is 75.6 Å². The van der Waals surface area contributed by atoms with Gasteiger partial charge < -0.3 is 10.2 Å². The average Bonchev–Trinajstić information content (AvgIpc) is 3.10. The molecule has 0 spiro atoms. The van der Waals surface area contributed by atoms with Crippen molar-refractivity contribution in [3.63, 3.8) is 0 Å². The molecule has 0 amide bonds. The van der Waals surface area contributed by atoms with Crippen LogP contribution in [0.4, 0.5) is 11.6 Å². The van der Waals surface area contributed by atoms with Gasteiger partial charge in [-0.1, -0.05) is 39.0 Å². The van der Waals surface area contributed by atoms with Gasteiger partial charge in [-0.05, 0) is 36.4 Å². The number of fused-ring (bicyclic) bond motifs is 1. The van der Waals surface area contributed by atoms with Crippen molar-refractivity contribution in [1.82, 2.24) is 30.7 Å². The van der Waals surface area contributed by atoms with Crippen LogP contribution in [0.1, 0.15) is 39.2 Å². The standard InChI is InChI=1S/C19H25N7/c1-19(2,3)14-8-4-5-9-16(14)26(13-7-6-10-20-11-13)18-21-12-15-17(22-18)24-25-23-15/h4-5,8-9,12-13,20H,6-7,10-11H2,1-3H3,(H,21,22,23,24,25). The highest BCUT2D eigenvalue weighted by Gasteiger charge is 2.29. The van der Waals surface area contributed by atoms with Gasteiger partial charge in [-0.15, -0.1) is 5.10 Å². The molecule has 2 N–H and O–H groups in total. The molecule has 1 atom stereocenters. The Morgan fingerprint density at radius 1 is 1.15 bits per heavy atom. The fraction of sp³-hybridized carbons (Fsp3) is 0.474. The number of nitrogens with one attached hydrogen (secondary N) is 2. The third-order valence-corrected chi connectivity index (χ3v) is 4.89. The molecule has 0 bridgehead atoms. The van der Waals surface area contributed by atoms with Crippen molar-refractivity contribution in [2.75, 3.05) is 18.0 Å². The van der Waals surface area contributed by atoms with E-state index in [1.807, 2.05) is 0 Å². The highest BCUT2D eigenvalue weighted by Crippen LogP contribution is 2.37. The Balaban J connectivity index is 1.86. The van der Waals surface area contributed by atoms with Crippen LogP contribution < -0.4 is 10.2 Å². The molecule has 1 aliphatic heterocycles. The molecule has 0 aliphatic carbocycles. The second-order valence-corrected chi connectivity index (χ2v) is 7.84. The first-order chi connectivity index (χ1) is 12.5. The van der Waals surface area contributed by atoms with Crippen LogP contribution in [0.3, 0.4) is 0 Å². The number of anilines is 2. The summed E-state index contributed by atoms with van der Waals surface area (Å²) in [4.78, 5) is 11.6. The highest BCUT2D eigenvalue weighted by molar-refractivity contribution is 5.72. The minimum absolute atomic E-state index is 0.0227. The van der Waals surface area contributed by atoms with Gasteiger partial charge in [0, 0.05) is 18.3 Å². The van der Waals surface area contributed by atoms with Crippen LogP contribution in [0.15, 0.2) is 30.5 Å². The zero-order valence-electron chi connectivity index (χ0n) is 15.5. The van der Waals surface area contributed by atoms with Crippen LogP contribution in [-0.4, -0.2) is 44.5 Å². The van der Waals surface area contributed by atoms with Crippen LogP contribution in [0.5, 0.6) is 0 Å². The quantitative estimate of drug-likeness (QED) is 0.755. The first-order valence-corrected chi connectivity index (χ1v) is 9.17. The topological polar surface area (TPSA) is 82.6 Å². The number of H-pyrrole nitrogens is 1. The van der Waals surface area contributed by atoms with Crippen LogP contribution in [0.2, 0.25) is 0 Å². The van der Waals surface area contributed by atoms with Crippen LogP contribution in [0, 0.1) is 0 Å². The summed E-state index contributed by atoms with van der Waals surface area (Å²) in [6.07, 6.45) is 3.99. The Labute approximate surface area is 153 Å². The number of hydrogen-bond donors (Lipinski definition) is 2. The molecular weight excluding hydrogens is 326 g/mol. The number of para-hydroxylation sites is 1. The first-order valence-electron chi connectivity index (χ1n) is 9.17. The second-order valence-electron chi connectivity index (χ2n) is 7.84. The molecule has 1 aliphatic rings. The second kappa shape index (κ2) is 6.64. The van der Waals surface area contributed by atoms with Gasteiger partial charge in [0.25, 0.3) is 0 Å². The summed E-state index contributed by atoms with van der Waals surface area (Å²) in [5.74, 6) is 0.678. The number of hydrogen-bond acceptors (Lipinski definition) is 6. The van der Waals surface area contributed by atoms with E-state index in [4.69, 9.17) is 4.98 Å². The van der Waals surface area contributed by atoms with Crippen molar-refractivity contribution in [2.24, 2.45) is 0 Å². The number of rotatable bonds is 3. The zero-order chi connectivity index (χ0) is 18.1. The van der Waals surface area contributed by atoms with Gasteiger partial charge in [0.15, 0.2) is 0 Å². The average molecular weight is 351 g/mol. The molecule has 1 unspecified atom stereocenters. The van der Waals surface area contributed by atoms with E-state index in [0.717, 1.165) is 31.6 Å². The van der Waals surface area contributed by atoms with Crippen molar-refractivity contribution >= 4 is 22.8 Å². The molecule has 0 saturated carbocycles. The van der Waals surface area contributed by atoms with Crippen LogP contribution in [-0.2, 0) is 5.41 Å². The highest BCUT2D eigenvalue weighted by atomic mass is 15.4. The Morgan fingerprint density at radius 2 is 2.00 bits per heavy atom. The summed E-state index contributed by atoms with van der Waals surface area (Å²) in [5.41, 5.74) is 3.75. The van der Waals surface area contributed by atoms with Crippen molar-refractivity contribution in [3.05, 3.63) is 36.0 Å². The Morgan fingerprint density at radius 3 is 2.77 bits per heavy atom. The molecule has 1 saturated heterocycles. The van der Waals surface area contributed by atoms with Crippen LogP contribution in [0.25, 0.3) is 11.2 Å². The molecular formula is C19H25N7. The van der Waals surface area contributed by atoms with Crippen LogP contribution >= 0.6 is 0 Å². The lowest BCUT2D eigenvalue weighted by Crippen LogP contribution is -2.45. The number of aromatic nitrogens is 5. The predicted octanol–water partition coefficient (Wildman–Crippen LogP) is 2.94. The van der Waals surface area contributed by atoms with Crippen molar-refractivity contribution in [3.8, 4) is 0 Å². The van der Waals surface area contributed by atoms with E-state index in [-0.39, 0.29) is 5.41 Å². The minimum Gasteiger partial charge on any atom is -0.315 e. The third-order valence-electron chi connectivity index (χ3n) is 4.89. The molecule has 2 aromatic heterocycles. The summed E-state index contributed by atoms with van der Waals surface area (Å²) in [6.45, 7) is 8.70. The molecule has 1 aromatic carbocycles. The number of benzene rings is 1. The van der Waals surface area contributed by atoms with Gasteiger partial charge in [0.2, 0.25) is 11.6 Å². The molecule has 26 heavy (non-hydrogen) atoms. The lowest BCUT2D eigenvalue weighted by atomic mass is 9.85. The monoisotopic (exact) mass is 351 g/mol. The molecule has 3 aromatic rings. The number of piperidine rings is 1. The van der Waals surface area contributed by atoms with E-state index in [9.17, 15) is 0 Å². The first kappa shape index (κ1) is 16.9. The van der Waals surface area contributed by atoms with Gasteiger partial charge in [-0.3, -0.25) is 0 Å². The Bertz CT molecular complexity index is 890. The van der Waals surface area contributed by atoms with E-state index in [0.29, 0.717) is 23.2 Å². The van der Waals surface area contributed by atoms with Crippen molar-refractivity contribution in [2.45, 2.75) is 45.1 Å². The molecule has 4 rings (SSSR count). The Kier molecular flexibility index (Phi) is 4.32. The van der Waals surface area contributed by atoms with E-state index >= 15 is 0 Å². The van der Waals surface area contributed by atoms with E-state index in [1.165, 1.54) is 5.56 Å². The smallest absolute Gasteiger partial charge is 0.232 e. The summed E-state index contributed by atoms with van der Waals surface area (Å²) in [7, 11) is 0. The predicted molar refractivity (Wildman–Crippen MR) is 103 cm³/mol. The van der Waals surface area contributed by atoms with Gasteiger partial charge in [-0.2, -0.15) is 15.3 Å². The number of aromatic amines is 1. The van der Waals surface area contributed by atoms with Gasteiger partial charge >= 0.3 is 0 Å². The Hall–Kier alpha value is -2.54. The van der Waals surface area contributed by atoms with Gasteiger partial charge in [0.05, 0.1) is 6.20 Å². The normalized spacial score (nSPS) is 18.2. The zero-order valence-corrected chi connectivity index (χ0v) is 15.5. The summed E-state index contributed by atoms with van der Waals surface area (Å²) in [6, 6.07) is 8.86. The maximum atomic E-state index is 4.69. The lowest BCUT2D eigenvalue weighted by Gasteiger charge is -2.37. The molecule has 1 fully saturated rings. The van der Waals surface area contributed by atoms with Gasteiger partial charge in [0.1, 0.15) is 5.52 Å². The summed E-state index contributed by atoms with van der Waals surface area (Å²) in [5, 5.41) is 14.4. The fourth-order valence-electron chi connectivity index (χ4n) is 3.60. The van der Waals surface area contributed by atoms with E-state index < -0.39 is 0 Å². The van der Waals surface area contributed by atoms with Crippen molar-refractivity contribution in [1.29, 1.82) is 0 Å². The summed E-state index contributed by atoms with van der Waals surface area (Å²) >= 11 is 0. The minimum atomic E-state index is 0.0227. The summed E-state index contributed by atoms with van der Waals surface area (Å²) < 4.78 is 0. The molecule has 7 nitrogen and oxygen atoms in total. The third kappa shape index (κ3) is 3.14. The SMILES string of the molecule is CC(C)(C)c1ccccc1N(c1ncc2n[nH]nc2n1)C1CCCNC1. The lowest BCUT2D eigenvalue weighted by molar-refractivity contribution is 0.448. The van der Waals surface area contributed by atoms with Crippen molar-refractivity contribution < 1.29 is 0 Å². The number of nitrogens with zero attached hydrogens (tertiary/aromatic N) is 5. The van der Waals surface area contributed by atoms with Gasteiger partial charge in [-0.25, -0.2) is 4.98 Å². The largest absolute Gasteiger partial charge is 0.315 e. The molecule has 136 valence electrons. The fourth-order valence-corrected chi connectivity index (χ4v) is 3.60. The maximum absolute atomic E-state index is 4.69. The van der Waals surface area contributed by atoms with E-state index in [1.54, 1.807) is 6.20 Å². The molecule has 0 radical (unpaired) electrons. The maximum Gasteiger partial charge on any atom is 0.232 e. The molecule has 7 heteroatoms. The molecule has 3 heterocycles.